The van der Waals surface area contributed by atoms with Gasteiger partial charge in [0.05, 0.1) is 7.11 Å². The average Bonchev–Trinajstić information content (AvgIpc) is 3.16. The van der Waals surface area contributed by atoms with E-state index in [-0.39, 0.29) is 28.0 Å². The topological polar surface area (TPSA) is 91.3 Å². The molecule has 0 N–H and O–H groups in total. The van der Waals surface area contributed by atoms with Gasteiger partial charge in [0.15, 0.2) is 17.2 Å². The Balaban J connectivity index is 1.74. The zero-order valence-corrected chi connectivity index (χ0v) is 18.1. The van der Waals surface area contributed by atoms with E-state index >= 15 is 0 Å². The predicted octanol–water partition coefficient (Wildman–Crippen LogP) is 4.12. The molecule has 0 radical (unpaired) electrons. The number of cyclic esters (lactones) is 1. The van der Waals surface area contributed by atoms with Crippen LogP contribution >= 0.6 is 0 Å². The fourth-order valence-electron chi connectivity index (χ4n) is 3.02. The van der Waals surface area contributed by atoms with Crippen molar-refractivity contribution in [3.05, 3.63) is 95.2 Å². The Morgan fingerprint density at radius 2 is 1.66 bits per heavy atom. The van der Waals surface area contributed by atoms with Gasteiger partial charge in [-0.05, 0) is 43.3 Å². The highest BCUT2D eigenvalue weighted by Crippen LogP contribution is 2.35. The van der Waals surface area contributed by atoms with Gasteiger partial charge in [0, 0.05) is 11.1 Å². The molecule has 32 heavy (non-hydrogen) atoms. The fourth-order valence-corrected chi connectivity index (χ4v) is 4.00. The molecule has 1 aliphatic rings. The van der Waals surface area contributed by atoms with Crippen LogP contribution in [-0.2, 0) is 19.6 Å². The summed E-state index contributed by atoms with van der Waals surface area (Å²) in [4.78, 5) is 16.7. The summed E-state index contributed by atoms with van der Waals surface area (Å²) in [6.07, 6.45) is 1.40. The van der Waals surface area contributed by atoms with Crippen molar-refractivity contribution in [2.75, 3.05) is 7.11 Å². The van der Waals surface area contributed by atoms with Crippen LogP contribution in [0.15, 0.2) is 88.4 Å². The Labute approximate surface area is 185 Å². The first kappa shape index (κ1) is 21.3. The van der Waals surface area contributed by atoms with E-state index in [1.807, 2.05) is 19.1 Å². The van der Waals surface area contributed by atoms with Gasteiger partial charge in [-0.15, -0.1) is 0 Å². The number of benzene rings is 3. The van der Waals surface area contributed by atoms with E-state index in [2.05, 4.69) is 4.99 Å². The van der Waals surface area contributed by atoms with Gasteiger partial charge in [0.2, 0.25) is 5.90 Å². The summed E-state index contributed by atoms with van der Waals surface area (Å²) < 4.78 is 41.5. The van der Waals surface area contributed by atoms with Crippen LogP contribution in [-0.4, -0.2) is 27.4 Å². The van der Waals surface area contributed by atoms with Crippen molar-refractivity contribution in [2.24, 2.45) is 4.99 Å². The highest BCUT2D eigenvalue weighted by atomic mass is 32.2. The number of carbonyl (C=O) groups excluding carboxylic acids is 1. The van der Waals surface area contributed by atoms with Crippen molar-refractivity contribution in [1.82, 2.24) is 0 Å². The van der Waals surface area contributed by atoms with Crippen LogP contribution in [0.1, 0.15) is 16.7 Å². The number of carbonyl (C=O) groups is 1. The quantitative estimate of drug-likeness (QED) is 0.319. The van der Waals surface area contributed by atoms with Crippen molar-refractivity contribution < 1.29 is 26.9 Å². The number of methoxy groups -OCH3 is 1. The predicted molar refractivity (Wildman–Crippen MR) is 119 cm³/mol. The average molecular weight is 449 g/mol. The largest absolute Gasteiger partial charge is 0.493 e. The number of nitrogens with zero attached hydrogens (tertiary/aromatic N) is 1. The molecule has 162 valence electrons. The highest BCUT2D eigenvalue weighted by Gasteiger charge is 2.26. The number of esters is 1. The molecular formula is C24H19NO6S. The lowest BCUT2D eigenvalue weighted by Crippen LogP contribution is -2.11. The minimum atomic E-state index is -4.13. The van der Waals surface area contributed by atoms with Crippen LogP contribution in [0.5, 0.6) is 11.5 Å². The molecule has 0 amide bonds. The first-order chi connectivity index (χ1) is 15.4. The van der Waals surface area contributed by atoms with Crippen molar-refractivity contribution in [1.29, 1.82) is 0 Å². The third kappa shape index (κ3) is 4.40. The minimum Gasteiger partial charge on any atom is -0.493 e. The normalized spacial score (nSPS) is 14.8. The molecule has 8 heteroatoms. The lowest BCUT2D eigenvalue weighted by molar-refractivity contribution is -0.129. The lowest BCUT2D eigenvalue weighted by atomic mass is 10.1. The van der Waals surface area contributed by atoms with E-state index in [1.54, 1.807) is 48.5 Å². The molecule has 1 aliphatic heterocycles. The Kier molecular flexibility index (Phi) is 5.79. The molecule has 0 unspecified atom stereocenters. The molecule has 0 fully saturated rings. The first-order valence-electron chi connectivity index (χ1n) is 9.63. The zero-order chi connectivity index (χ0) is 22.7. The minimum absolute atomic E-state index is 0.00976. The van der Waals surface area contributed by atoms with Crippen molar-refractivity contribution in [3.8, 4) is 11.5 Å². The molecule has 1 heterocycles. The Morgan fingerprint density at radius 3 is 2.34 bits per heavy atom. The number of hydrogen-bond acceptors (Lipinski definition) is 7. The van der Waals surface area contributed by atoms with Crippen LogP contribution in [0.3, 0.4) is 0 Å². The SMILES string of the molecule is COc1cccc(C=C2N=C(c3ccc(C)cc3)OC2=O)c1OS(=O)(=O)c1ccccc1. The molecule has 3 aromatic rings. The van der Waals surface area contributed by atoms with Gasteiger partial charge in [0.25, 0.3) is 0 Å². The maximum Gasteiger partial charge on any atom is 0.363 e. The van der Waals surface area contributed by atoms with Crippen LogP contribution in [0.2, 0.25) is 0 Å². The maximum atomic E-state index is 12.8. The van der Waals surface area contributed by atoms with E-state index in [4.69, 9.17) is 13.7 Å². The van der Waals surface area contributed by atoms with E-state index in [1.165, 1.54) is 25.3 Å². The summed E-state index contributed by atoms with van der Waals surface area (Å²) in [7, 11) is -2.74. The smallest absolute Gasteiger partial charge is 0.363 e. The van der Waals surface area contributed by atoms with Gasteiger partial charge in [-0.2, -0.15) is 8.42 Å². The molecule has 3 aromatic carbocycles. The summed E-state index contributed by atoms with van der Waals surface area (Å²) in [6, 6.07) is 19.9. The monoisotopic (exact) mass is 449 g/mol. The number of aryl methyl sites for hydroxylation is 1. The zero-order valence-electron chi connectivity index (χ0n) is 17.3. The molecule has 0 aromatic heterocycles. The molecule has 0 saturated carbocycles. The molecule has 0 bridgehead atoms. The van der Waals surface area contributed by atoms with Crippen LogP contribution in [0.4, 0.5) is 0 Å². The van der Waals surface area contributed by atoms with E-state index in [0.717, 1.165) is 5.56 Å². The molecule has 7 nitrogen and oxygen atoms in total. The van der Waals surface area contributed by atoms with Gasteiger partial charge in [0.1, 0.15) is 4.90 Å². The third-order valence-corrected chi connectivity index (χ3v) is 5.90. The van der Waals surface area contributed by atoms with Gasteiger partial charge >= 0.3 is 16.1 Å². The number of aliphatic imine (C=N–C) groups is 1. The van der Waals surface area contributed by atoms with Gasteiger partial charge in [-0.25, -0.2) is 9.79 Å². The van der Waals surface area contributed by atoms with Crippen LogP contribution in [0, 0.1) is 6.92 Å². The van der Waals surface area contributed by atoms with Crippen molar-refractivity contribution >= 4 is 28.1 Å². The Hall–Kier alpha value is -3.91. The summed E-state index contributed by atoms with van der Waals surface area (Å²) in [5.41, 5.74) is 2.02. The summed E-state index contributed by atoms with van der Waals surface area (Å²) in [5.74, 6) is -0.352. The second-order valence-electron chi connectivity index (χ2n) is 6.93. The van der Waals surface area contributed by atoms with Crippen molar-refractivity contribution in [2.45, 2.75) is 11.8 Å². The van der Waals surface area contributed by atoms with Crippen molar-refractivity contribution in [3.63, 3.8) is 0 Å². The van der Waals surface area contributed by atoms with E-state index in [9.17, 15) is 13.2 Å². The molecule has 4 rings (SSSR count). The van der Waals surface area contributed by atoms with E-state index < -0.39 is 16.1 Å². The number of rotatable bonds is 6. The molecule has 0 atom stereocenters. The summed E-state index contributed by atoms with van der Waals surface area (Å²) in [6.45, 7) is 1.95. The molecule has 0 aliphatic carbocycles. The fraction of sp³-hybridized carbons (Fsp3) is 0.0833. The summed E-state index contributed by atoms with van der Waals surface area (Å²) in [5, 5.41) is 0. The Bertz CT molecular complexity index is 1330. The second kappa shape index (κ2) is 8.68. The molecule has 0 saturated heterocycles. The maximum absolute atomic E-state index is 12.8. The lowest BCUT2D eigenvalue weighted by Gasteiger charge is -2.13. The second-order valence-corrected chi connectivity index (χ2v) is 8.48. The third-order valence-electron chi connectivity index (χ3n) is 4.67. The van der Waals surface area contributed by atoms with Gasteiger partial charge < -0.3 is 13.7 Å². The number of hydrogen-bond donors (Lipinski definition) is 0. The number of para-hydroxylation sites is 1. The first-order valence-corrected chi connectivity index (χ1v) is 11.0. The number of ether oxygens (including phenoxy) is 2. The Morgan fingerprint density at radius 1 is 0.938 bits per heavy atom. The van der Waals surface area contributed by atoms with E-state index in [0.29, 0.717) is 11.1 Å². The van der Waals surface area contributed by atoms with Gasteiger partial charge in [-0.1, -0.05) is 48.0 Å². The standard InChI is InChI=1S/C24H19NO6S/c1-16-11-13-17(14-12-16)23-25-20(24(26)30-23)15-18-7-6-10-21(29-2)22(18)31-32(27,28)19-8-4-3-5-9-19/h3-15H,1-2H3. The molecular weight excluding hydrogens is 430 g/mol. The van der Waals surface area contributed by atoms with Crippen LogP contribution in [0.25, 0.3) is 6.08 Å². The van der Waals surface area contributed by atoms with Crippen LogP contribution < -0.4 is 8.92 Å². The van der Waals surface area contributed by atoms with Gasteiger partial charge in [-0.3, -0.25) is 0 Å². The molecule has 0 spiro atoms. The summed E-state index contributed by atoms with van der Waals surface area (Å²) >= 11 is 0. The highest BCUT2D eigenvalue weighted by molar-refractivity contribution is 7.87.